The standard InChI is InChI=1S/C12H20N2O2S/c1-9-5-6-11(7-10(9)2)17(15,16)14-12(3,4)8-13/h5-7,14H,8,13H2,1-4H3. The molecule has 4 nitrogen and oxygen atoms in total. The Morgan fingerprint density at radius 3 is 2.29 bits per heavy atom. The van der Waals surface area contributed by atoms with Crippen LogP contribution in [0.5, 0.6) is 0 Å². The zero-order valence-corrected chi connectivity index (χ0v) is 11.6. The first kappa shape index (κ1) is 14.2. The minimum Gasteiger partial charge on any atom is -0.329 e. The number of hydrogen-bond donors (Lipinski definition) is 2. The Morgan fingerprint density at radius 1 is 1.24 bits per heavy atom. The molecule has 1 rings (SSSR count). The highest BCUT2D eigenvalue weighted by Gasteiger charge is 2.24. The van der Waals surface area contributed by atoms with Crippen LogP contribution in [0.15, 0.2) is 23.1 Å². The van der Waals surface area contributed by atoms with Gasteiger partial charge in [-0.25, -0.2) is 13.1 Å². The summed E-state index contributed by atoms with van der Waals surface area (Å²) >= 11 is 0. The van der Waals surface area contributed by atoms with Crippen LogP contribution in [-0.2, 0) is 10.0 Å². The number of hydrogen-bond acceptors (Lipinski definition) is 3. The Bertz CT molecular complexity index is 507. The van der Waals surface area contributed by atoms with Crippen molar-refractivity contribution < 1.29 is 8.42 Å². The minimum atomic E-state index is -3.50. The van der Waals surface area contributed by atoms with Gasteiger partial charge in [0.15, 0.2) is 0 Å². The van der Waals surface area contributed by atoms with E-state index in [1.54, 1.807) is 32.0 Å². The molecule has 1 aromatic rings. The molecule has 0 aliphatic rings. The summed E-state index contributed by atoms with van der Waals surface area (Å²) in [5, 5.41) is 0. The van der Waals surface area contributed by atoms with Crippen molar-refractivity contribution in [1.29, 1.82) is 0 Å². The van der Waals surface area contributed by atoms with E-state index in [2.05, 4.69) is 4.72 Å². The van der Waals surface area contributed by atoms with Crippen molar-refractivity contribution in [2.24, 2.45) is 5.73 Å². The molecule has 0 radical (unpaired) electrons. The van der Waals surface area contributed by atoms with Crippen molar-refractivity contribution in [3.63, 3.8) is 0 Å². The molecule has 0 atom stereocenters. The molecule has 0 unspecified atom stereocenters. The highest BCUT2D eigenvalue weighted by Crippen LogP contribution is 2.16. The first-order valence-corrected chi connectivity index (χ1v) is 6.97. The molecule has 3 N–H and O–H groups in total. The number of nitrogens with one attached hydrogen (secondary N) is 1. The van der Waals surface area contributed by atoms with Gasteiger partial charge in [-0.05, 0) is 51.0 Å². The van der Waals surface area contributed by atoms with Gasteiger partial charge in [-0.2, -0.15) is 0 Å². The van der Waals surface area contributed by atoms with Gasteiger partial charge in [-0.3, -0.25) is 0 Å². The first-order chi connectivity index (χ1) is 7.68. The van der Waals surface area contributed by atoms with Crippen LogP contribution in [0.1, 0.15) is 25.0 Å². The van der Waals surface area contributed by atoms with Gasteiger partial charge in [0.05, 0.1) is 4.90 Å². The first-order valence-electron chi connectivity index (χ1n) is 5.49. The van der Waals surface area contributed by atoms with Crippen LogP contribution in [0.25, 0.3) is 0 Å². The van der Waals surface area contributed by atoms with E-state index in [0.29, 0.717) is 0 Å². The van der Waals surface area contributed by atoms with Crippen LogP contribution in [0.4, 0.5) is 0 Å². The summed E-state index contributed by atoms with van der Waals surface area (Å²) in [6.07, 6.45) is 0. The summed E-state index contributed by atoms with van der Waals surface area (Å²) in [7, 11) is -3.50. The summed E-state index contributed by atoms with van der Waals surface area (Å²) in [6, 6.07) is 5.08. The Balaban J connectivity index is 3.10. The highest BCUT2D eigenvalue weighted by molar-refractivity contribution is 7.89. The van der Waals surface area contributed by atoms with Crippen molar-refractivity contribution in [2.75, 3.05) is 6.54 Å². The van der Waals surface area contributed by atoms with Crippen LogP contribution in [0, 0.1) is 13.8 Å². The SMILES string of the molecule is Cc1ccc(S(=O)(=O)NC(C)(C)CN)cc1C. The second-order valence-corrected chi connectivity index (χ2v) is 6.62. The van der Waals surface area contributed by atoms with E-state index < -0.39 is 15.6 Å². The number of aryl methyl sites for hydroxylation is 2. The van der Waals surface area contributed by atoms with Gasteiger partial charge in [0.25, 0.3) is 0 Å². The Labute approximate surface area is 103 Å². The van der Waals surface area contributed by atoms with Crippen LogP contribution in [0.2, 0.25) is 0 Å². The molecule has 0 aliphatic carbocycles. The van der Waals surface area contributed by atoms with E-state index in [9.17, 15) is 8.42 Å². The molecule has 5 heteroatoms. The quantitative estimate of drug-likeness (QED) is 0.853. The highest BCUT2D eigenvalue weighted by atomic mass is 32.2. The summed E-state index contributed by atoms with van der Waals surface area (Å²) < 4.78 is 26.8. The minimum absolute atomic E-state index is 0.247. The van der Waals surface area contributed by atoms with E-state index in [1.165, 1.54) is 0 Å². The molecule has 0 amide bonds. The summed E-state index contributed by atoms with van der Waals surface area (Å²) in [5.41, 5.74) is 6.91. The average molecular weight is 256 g/mol. The number of sulfonamides is 1. The van der Waals surface area contributed by atoms with Crippen molar-refractivity contribution in [3.8, 4) is 0 Å². The molecule has 17 heavy (non-hydrogen) atoms. The number of rotatable bonds is 4. The lowest BCUT2D eigenvalue weighted by molar-refractivity contribution is 0.462. The van der Waals surface area contributed by atoms with Crippen molar-refractivity contribution in [1.82, 2.24) is 4.72 Å². The second-order valence-electron chi connectivity index (χ2n) is 4.94. The molecule has 0 spiro atoms. The normalized spacial score (nSPS) is 12.8. The molecule has 0 saturated heterocycles. The van der Waals surface area contributed by atoms with Crippen LogP contribution in [-0.4, -0.2) is 20.5 Å². The van der Waals surface area contributed by atoms with Gasteiger partial charge in [0.2, 0.25) is 10.0 Å². The van der Waals surface area contributed by atoms with Gasteiger partial charge in [0, 0.05) is 12.1 Å². The smallest absolute Gasteiger partial charge is 0.241 e. The Kier molecular flexibility index (Phi) is 3.96. The van der Waals surface area contributed by atoms with Gasteiger partial charge in [-0.1, -0.05) is 6.07 Å². The van der Waals surface area contributed by atoms with E-state index in [-0.39, 0.29) is 11.4 Å². The van der Waals surface area contributed by atoms with Crippen molar-refractivity contribution >= 4 is 10.0 Å². The lowest BCUT2D eigenvalue weighted by Crippen LogP contribution is -2.48. The third kappa shape index (κ3) is 3.52. The van der Waals surface area contributed by atoms with E-state index >= 15 is 0 Å². The van der Waals surface area contributed by atoms with Gasteiger partial charge in [-0.15, -0.1) is 0 Å². The van der Waals surface area contributed by atoms with E-state index in [1.807, 2.05) is 13.8 Å². The fourth-order valence-electron chi connectivity index (χ4n) is 1.35. The second kappa shape index (κ2) is 4.76. The molecular formula is C12H20N2O2S. The van der Waals surface area contributed by atoms with Crippen LogP contribution in [0.3, 0.4) is 0 Å². The summed E-state index contributed by atoms with van der Waals surface area (Å²) in [5.74, 6) is 0. The average Bonchev–Trinajstić information content (AvgIpc) is 2.20. The van der Waals surface area contributed by atoms with Crippen LogP contribution < -0.4 is 10.5 Å². The molecule has 0 aromatic heterocycles. The summed E-state index contributed by atoms with van der Waals surface area (Å²) in [6.45, 7) is 7.60. The van der Waals surface area contributed by atoms with Gasteiger partial charge < -0.3 is 5.73 Å². The summed E-state index contributed by atoms with van der Waals surface area (Å²) in [4.78, 5) is 0.280. The van der Waals surface area contributed by atoms with E-state index in [4.69, 9.17) is 5.73 Å². The Morgan fingerprint density at radius 2 is 1.82 bits per heavy atom. The largest absolute Gasteiger partial charge is 0.329 e. The third-order valence-electron chi connectivity index (χ3n) is 2.71. The van der Waals surface area contributed by atoms with Gasteiger partial charge >= 0.3 is 0 Å². The molecule has 0 bridgehead atoms. The molecule has 0 saturated carbocycles. The lowest BCUT2D eigenvalue weighted by atomic mass is 10.1. The maximum atomic E-state index is 12.1. The predicted molar refractivity (Wildman–Crippen MR) is 69.4 cm³/mol. The zero-order chi connectivity index (χ0) is 13.3. The lowest BCUT2D eigenvalue weighted by Gasteiger charge is -2.24. The maximum Gasteiger partial charge on any atom is 0.241 e. The fourth-order valence-corrected chi connectivity index (χ4v) is 2.85. The maximum absolute atomic E-state index is 12.1. The molecule has 1 aromatic carbocycles. The third-order valence-corrected chi connectivity index (χ3v) is 4.41. The molecule has 0 fully saturated rings. The Hall–Kier alpha value is -0.910. The zero-order valence-electron chi connectivity index (χ0n) is 10.7. The fraction of sp³-hybridized carbons (Fsp3) is 0.500. The number of benzene rings is 1. The molecule has 0 heterocycles. The monoisotopic (exact) mass is 256 g/mol. The van der Waals surface area contributed by atoms with Crippen molar-refractivity contribution in [2.45, 2.75) is 38.1 Å². The van der Waals surface area contributed by atoms with Gasteiger partial charge in [0.1, 0.15) is 0 Å². The molecular weight excluding hydrogens is 236 g/mol. The van der Waals surface area contributed by atoms with E-state index in [0.717, 1.165) is 11.1 Å². The molecule has 0 aliphatic heterocycles. The molecule has 96 valence electrons. The predicted octanol–water partition coefficient (Wildman–Crippen LogP) is 1.32. The van der Waals surface area contributed by atoms with Crippen molar-refractivity contribution in [3.05, 3.63) is 29.3 Å². The van der Waals surface area contributed by atoms with Crippen LogP contribution >= 0.6 is 0 Å². The topological polar surface area (TPSA) is 72.2 Å². The number of nitrogens with two attached hydrogens (primary N) is 1.